The van der Waals surface area contributed by atoms with Gasteiger partial charge in [0.05, 0.1) is 12.3 Å². The predicted molar refractivity (Wildman–Crippen MR) is 137 cm³/mol. The normalized spacial score (nSPS) is 13.9. The Balaban J connectivity index is 1.62. The molecule has 5 rings (SSSR count). The van der Waals surface area contributed by atoms with E-state index in [1.807, 2.05) is 52.0 Å². The van der Waals surface area contributed by atoms with Gasteiger partial charge in [-0.2, -0.15) is 4.98 Å². The van der Waals surface area contributed by atoms with E-state index in [2.05, 4.69) is 27.8 Å². The van der Waals surface area contributed by atoms with Gasteiger partial charge in [-0.25, -0.2) is 19.3 Å². The van der Waals surface area contributed by atoms with Crippen molar-refractivity contribution >= 4 is 22.7 Å². The molecule has 182 valence electrons. The van der Waals surface area contributed by atoms with Crippen LogP contribution in [0.3, 0.4) is 0 Å². The summed E-state index contributed by atoms with van der Waals surface area (Å²) in [6, 6.07) is 11.8. The third kappa shape index (κ3) is 4.21. The molecule has 0 unspecified atom stereocenters. The van der Waals surface area contributed by atoms with Crippen LogP contribution in [0.2, 0.25) is 0 Å². The molecule has 0 spiro atoms. The second-order valence-corrected chi connectivity index (χ2v) is 9.94. The Bertz CT molecular complexity index is 1450. The lowest BCUT2D eigenvalue weighted by atomic mass is 9.90. The number of anilines is 2. The minimum atomic E-state index is -0.522. The van der Waals surface area contributed by atoms with Crippen molar-refractivity contribution in [1.29, 1.82) is 0 Å². The summed E-state index contributed by atoms with van der Waals surface area (Å²) in [5.41, 5.74) is 4.05. The monoisotopic (exact) mass is 473 g/mol. The molecule has 0 saturated carbocycles. The second kappa shape index (κ2) is 8.90. The predicted octanol–water partition coefficient (Wildman–Crippen LogP) is 3.22. The molecule has 0 bridgehead atoms. The Morgan fingerprint density at radius 2 is 2.00 bits per heavy atom. The number of hydrogen-bond donors (Lipinski definition) is 3. The lowest BCUT2D eigenvalue weighted by Gasteiger charge is -2.22. The zero-order chi connectivity index (χ0) is 24.7. The fourth-order valence-corrected chi connectivity index (χ4v) is 4.43. The maximum atomic E-state index is 13.3. The molecule has 0 radical (unpaired) electrons. The van der Waals surface area contributed by atoms with E-state index >= 15 is 0 Å². The van der Waals surface area contributed by atoms with Crippen LogP contribution in [0.15, 0.2) is 47.4 Å². The topological polar surface area (TPSA) is 110 Å². The summed E-state index contributed by atoms with van der Waals surface area (Å²) in [5.74, 6) is 0.976. The van der Waals surface area contributed by atoms with E-state index < -0.39 is 5.41 Å². The molecule has 3 aromatic heterocycles. The molecule has 3 N–H and O–H groups in total. The highest BCUT2D eigenvalue weighted by atomic mass is 16.3. The number of benzene rings is 1. The average molecular weight is 474 g/mol. The fourth-order valence-electron chi connectivity index (χ4n) is 4.43. The molecular weight excluding hydrogens is 442 g/mol. The summed E-state index contributed by atoms with van der Waals surface area (Å²) in [5, 5.41) is 17.0. The Kier molecular flexibility index (Phi) is 5.90. The quantitative estimate of drug-likeness (QED) is 0.394. The lowest BCUT2D eigenvalue weighted by molar-refractivity contribution is 0.215. The molecule has 0 saturated heterocycles. The van der Waals surface area contributed by atoms with Crippen molar-refractivity contribution in [2.24, 2.45) is 0 Å². The molecule has 4 aromatic rings. The van der Waals surface area contributed by atoms with E-state index in [0.717, 1.165) is 30.9 Å². The summed E-state index contributed by atoms with van der Waals surface area (Å²) in [4.78, 5) is 27.3. The molecule has 0 amide bonds. The summed E-state index contributed by atoms with van der Waals surface area (Å²) in [6.07, 6.45) is 2.56. The van der Waals surface area contributed by atoms with Gasteiger partial charge < -0.3 is 15.7 Å². The van der Waals surface area contributed by atoms with Gasteiger partial charge in [-0.15, -0.1) is 0 Å². The number of aliphatic hydroxyl groups excluding tert-OH is 1. The van der Waals surface area contributed by atoms with E-state index in [1.54, 1.807) is 15.6 Å². The van der Waals surface area contributed by atoms with Crippen molar-refractivity contribution in [2.45, 2.75) is 52.1 Å². The number of rotatable bonds is 6. The summed E-state index contributed by atoms with van der Waals surface area (Å²) >= 11 is 0. The van der Waals surface area contributed by atoms with Gasteiger partial charge in [0.2, 0.25) is 5.95 Å². The van der Waals surface area contributed by atoms with E-state index in [9.17, 15) is 9.90 Å². The number of pyridine rings is 1. The van der Waals surface area contributed by atoms with Crippen LogP contribution in [-0.4, -0.2) is 42.6 Å². The molecule has 0 atom stereocenters. The maximum Gasteiger partial charge on any atom is 0.278 e. The fraction of sp³-hybridized carbons (Fsp3) is 0.385. The van der Waals surface area contributed by atoms with Gasteiger partial charge in [-0.05, 0) is 62.2 Å². The van der Waals surface area contributed by atoms with Crippen molar-refractivity contribution < 1.29 is 5.11 Å². The molecule has 1 aromatic carbocycles. The van der Waals surface area contributed by atoms with Crippen LogP contribution >= 0.6 is 0 Å². The highest BCUT2D eigenvalue weighted by Crippen LogP contribution is 2.25. The van der Waals surface area contributed by atoms with Gasteiger partial charge in [0.25, 0.3) is 5.56 Å². The third-order valence-corrected chi connectivity index (χ3v) is 6.50. The van der Waals surface area contributed by atoms with Crippen molar-refractivity contribution in [1.82, 2.24) is 29.6 Å². The molecule has 0 aliphatic carbocycles. The molecule has 35 heavy (non-hydrogen) atoms. The molecule has 1 aliphatic rings. The van der Waals surface area contributed by atoms with Gasteiger partial charge in [0.1, 0.15) is 5.39 Å². The number of nitrogens with one attached hydrogen (secondary N) is 2. The van der Waals surface area contributed by atoms with Crippen LogP contribution in [-0.2, 0) is 18.4 Å². The van der Waals surface area contributed by atoms with Crippen LogP contribution in [0.25, 0.3) is 16.9 Å². The smallest absolute Gasteiger partial charge is 0.278 e. The molecule has 4 heterocycles. The molecule has 0 fully saturated rings. The van der Waals surface area contributed by atoms with Crippen LogP contribution in [0, 0.1) is 0 Å². The van der Waals surface area contributed by atoms with E-state index in [-0.39, 0.29) is 18.2 Å². The molecule has 1 aliphatic heterocycles. The summed E-state index contributed by atoms with van der Waals surface area (Å²) < 4.78 is 3.40. The molecule has 9 heteroatoms. The summed E-state index contributed by atoms with van der Waals surface area (Å²) in [6.45, 7) is 9.57. The van der Waals surface area contributed by atoms with Gasteiger partial charge in [0, 0.05) is 29.9 Å². The van der Waals surface area contributed by atoms with Gasteiger partial charge in [-0.1, -0.05) is 26.0 Å². The first-order valence-electron chi connectivity index (χ1n) is 12.0. The van der Waals surface area contributed by atoms with E-state index in [0.29, 0.717) is 22.8 Å². The molecule has 9 nitrogen and oxygen atoms in total. The first kappa shape index (κ1) is 23.2. The summed E-state index contributed by atoms with van der Waals surface area (Å²) in [7, 11) is 0. The van der Waals surface area contributed by atoms with Crippen LogP contribution in [0.5, 0.6) is 0 Å². The minimum absolute atomic E-state index is 0.0417. The largest absolute Gasteiger partial charge is 0.395 e. The Morgan fingerprint density at radius 3 is 2.77 bits per heavy atom. The van der Waals surface area contributed by atoms with E-state index in [4.69, 9.17) is 9.97 Å². The number of aromatic nitrogens is 5. The van der Waals surface area contributed by atoms with E-state index in [1.165, 1.54) is 11.1 Å². The van der Waals surface area contributed by atoms with Gasteiger partial charge in [-0.3, -0.25) is 4.79 Å². The second-order valence-electron chi connectivity index (χ2n) is 9.94. The Labute approximate surface area is 203 Å². The highest BCUT2D eigenvalue weighted by molar-refractivity contribution is 5.77. The number of nitrogens with zero attached hydrogens (tertiary/aromatic N) is 5. The first-order chi connectivity index (χ1) is 16.8. The number of hydrogen-bond acceptors (Lipinski definition) is 7. The Hall–Kier alpha value is -3.56. The zero-order valence-electron chi connectivity index (χ0n) is 20.5. The van der Waals surface area contributed by atoms with Gasteiger partial charge in [0.15, 0.2) is 11.5 Å². The van der Waals surface area contributed by atoms with Crippen LogP contribution < -0.4 is 16.2 Å². The first-order valence-corrected chi connectivity index (χ1v) is 12.0. The van der Waals surface area contributed by atoms with Crippen LogP contribution in [0.4, 0.5) is 11.6 Å². The van der Waals surface area contributed by atoms with Crippen LogP contribution in [0.1, 0.15) is 50.6 Å². The third-order valence-electron chi connectivity index (χ3n) is 6.50. The standard InChI is InChI=1S/C26H31N7O2/c1-16(2)32-24(35)20-14-28-25(29-19-9-8-18-13-27-11-10-17(18)12-19)31-23(20)33(32)22-7-5-6-21(30-22)26(3,4)15-34/h5-9,12,14,16,27,34H,10-11,13,15H2,1-4H3,(H,28,29,31). The Morgan fingerprint density at radius 1 is 1.17 bits per heavy atom. The van der Waals surface area contributed by atoms with Crippen molar-refractivity contribution in [3.63, 3.8) is 0 Å². The van der Waals surface area contributed by atoms with Crippen molar-refractivity contribution in [2.75, 3.05) is 18.5 Å². The minimum Gasteiger partial charge on any atom is -0.395 e. The van der Waals surface area contributed by atoms with Crippen molar-refractivity contribution in [3.8, 4) is 5.82 Å². The molecular formula is C26H31N7O2. The average Bonchev–Trinajstić information content (AvgIpc) is 3.16. The lowest BCUT2D eigenvalue weighted by Crippen LogP contribution is -2.27. The van der Waals surface area contributed by atoms with Gasteiger partial charge >= 0.3 is 0 Å². The maximum absolute atomic E-state index is 13.3. The number of fused-ring (bicyclic) bond motifs is 2. The SMILES string of the molecule is CC(C)n1c(=O)c2cnc(Nc3ccc4c(c3)CCNC4)nc2n1-c1cccc(C(C)(C)CO)n1. The van der Waals surface area contributed by atoms with Crippen molar-refractivity contribution in [3.05, 3.63) is 69.8 Å². The number of aliphatic hydroxyl groups is 1. The zero-order valence-corrected chi connectivity index (χ0v) is 20.5. The highest BCUT2D eigenvalue weighted by Gasteiger charge is 2.24.